The second-order valence-electron chi connectivity index (χ2n) is 4.39. The highest BCUT2D eigenvalue weighted by Crippen LogP contribution is 2.59. The van der Waals surface area contributed by atoms with Crippen molar-refractivity contribution in [1.82, 2.24) is 10.9 Å². The smallest absolute Gasteiger partial charge is 0.289 e. The van der Waals surface area contributed by atoms with Crippen LogP contribution in [-0.4, -0.2) is 47.3 Å². The fourth-order valence-electron chi connectivity index (χ4n) is 1.26. The van der Waals surface area contributed by atoms with E-state index in [0.29, 0.717) is 0 Å². The van der Waals surface area contributed by atoms with Gasteiger partial charge in [-0.1, -0.05) is 0 Å². The van der Waals surface area contributed by atoms with Crippen LogP contribution in [0.1, 0.15) is 0 Å². The van der Waals surface area contributed by atoms with Crippen molar-refractivity contribution < 1.29 is 62.3 Å². The Hall–Kier alpha value is -1.98. The van der Waals surface area contributed by atoms with Crippen LogP contribution in [0.2, 0.25) is 0 Å². The van der Waals surface area contributed by atoms with Gasteiger partial charge in [0.25, 0.3) is 0 Å². The average Bonchev–Trinajstić information content (AvgIpc) is 2.51. The molecule has 0 aliphatic carbocycles. The second kappa shape index (κ2) is 6.32. The predicted molar refractivity (Wildman–Crippen MR) is 54.3 cm³/mol. The van der Waals surface area contributed by atoms with Crippen molar-refractivity contribution in [3.8, 4) is 0 Å². The molecule has 0 rings (SSSR count). The Morgan fingerprint density at radius 3 is 0.846 bits per heavy atom. The van der Waals surface area contributed by atoms with E-state index in [-0.39, 0.29) is 10.9 Å². The molecule has 0 aromatic heterocycles. The van der Waals surface area contributed by atoms with Crippen LogP contribution < -0.4 is 22.5 Å². The summed E-state index contributed by atoms with van der Waals surface area (Å²) in [5.41, 5.74) is 0.336. The van der Waals surface area contributed by atoms with E-state index in [9.17, 15) is 62.3 Å². The van der Waals surface area contributed by atoms with Gasteiger partial charge in [0, 0.05) is 0 Å². The Kier molecular flexibility index (Phi) is 5.84. The highest BCUT2D eigenvalue weighted by Gasteiger charge is 2.92. The maximum Gasteiger partial charge on any atom is 0.394 e. The van der Waals surface area contributed by atoms with Crippen LogP contribution >= 0.6 is 0 Å². The number of nitrogens with one attached hydrogen (secondary N) is 2. The van der Waals surface area contributed by atoms with E-state index >= 15 is 0 Å². The van der Waals surface area contributed by atoms with Gasteiger partial charge in [-0.3, -0.25) is 20.4 Å². The molecule has 2 amide bonds. The van der Waals surface area contributed by atoms with Crippen molar-refractivity contribution in [3.05, 3.63) is 0 Å². The lowest BCUT2D eigenvalue weighted by atomic mass is 9.91. The van der Waals surface area contributed by atoms with Crippen molar-refractivity contribution in [1.29, 1.82) is 0 Å². The first-order valence-electron chi connectivity index (χ1n) is 5.50. The fourth-order valence-corrected chi connectivity index (χ4v) is 1.26. The molecule has 6 nitrogen and oxygen atoms in total. The molecule has 0 saturated heterocycles. The zero-order valence-electron chi connectivity index (χ0n) is 11.5. The summed E-state index contributed by atoms with van der Waals surface area (Å²) in [5.74, 6) is -44.3. The van der Waals surface area contributed by atoms with Crippen LogP contribution in [-0.2, 0) is 9.59 Å². The van der Waals surface area contributed by atoms with Crippen LogP contribution in [0.15, 0.2) is 0 Å². The van der Waals surface area contributed by atoms with E-state index in [4.69, 9.17) is 0 Å². The lowest BCUT2D eigenvalue weighted by Gasteiger charge is -2.40. The Morgan fingerprint density at radius 1 is 0.500 bits per heavy atom. The Balaban J connectivity index is 6.50. The minimum absolute atomic E-state index is 0.168. The molecule has 0 unspecified atom stereocenters. The van der Waals surface area contributed by atoms with E-state index in [1.807, 2.05) is 0 Å². The minimum Gasteiger partial charge on any atom is -0.289 e. The molecule has 18 heteroatoms. The number of hydrogen-bond donors (Lipinski definition) is 4. The molecule has 0 aliphatic rings. The molecule has 154 valence electrons. The third-order valence-corrected chi connectivity index (χ3v) is 2.80. The number of nitrogens with two attached hydrogens (primary N) is 2. The molecule has 6 N–H and O–H groups in total. The normalized spacial score (nSPS) is 14.8. The number of carbonyl (C=O) groups is 2. The molecular formula is C8H6F12N4O2. The van der Waals surface area contributed by atoms with Gasteiger partial charge in [-0.15, -0.1) is 0 Å². The van der Waals surface area contributed by atoms with E-state index in [1.54, 1.807) is 0 Å². The highest BCUT2D eigenvalue weighted by atomic mass is 19.4. The van der Waals surface area contributed by atoms with Gasteiger partial charge in [-0.05, 0) is 0 Å². The van der Waals surface area contributed by atoms with Gasteiger partial charge in [0.1, 0.15) is 0 Å². The van der Waals surface area contributed by atoms with Crippen LogP contribution in [0.3, 0.4) is 0 Å². The lowest BCUT2D eigenvalue weighted by Crippen LogP contribution is -2.74. The minimum atomic E-state index is -8.00. The van der Waals surface area contributed by atoms with Crippen LogP contribution in [0.25, 0.3) is 0 Å². The van der Waals surface area contributed by atoms with Gasteiger partial charge in [0.2, 0.25) is 0 Å². The van der Waals surface area contributed by atoms with Crippen molar-refractivity contribution in [3.63, 3.8) is 0 Å². The average molecular weight is 418 g/mol. The molecule has 0 atom stereocenters. The quantitative estimate of drug-likeness (QED) is 0.212. The summed E-state index contributed by atoms with van der Waals surface area (Å²) in [7, 11) is 0. The predicted octanol–water partition coefficient (Wildman–Crippen LogP) is 0.778. The number of hydrazine groups is 2. The monoisotopic (exact) mass is 418 g/mol. The number of halogens is 12. The van der Waals surface area contributed by atoms with Gasteiger partial charge >= 0.3 is 47.3 Å². The number of alkyl halides is 12. The SMILES string of the molecule is NNC(=O)C(F)(F)C(F)(F)C(F)(F)C(F)(F)C(F)(F)C(F)(F)C(=O)NN. The Morgan fingerprint density at radius 2 is 0.692 bits per heavy atom. The maximum absolute atomic E-state index is 13.2. The lowest BCUT2D eigenvalue weighted by molar-refractivity contribution is -0.415. The summed E-state index contributed by atoms with van der Waals surface area (Å²) >= 11 is 0. The summed E-state index contributed by atoms with van der Waals surface area (Å²) in [6.07, 6.45) is 0. The summed E-state index contributed by atoms with van der Waals surface area (Å²) in [5, 5.41) is 0. The van der Waals surface area contributed by atoms with Crippen molar-refractivity contribution in [2.45, 2.75) is 35.5 Å². The van der Waals surface area contributed by atoms with E-state index in [1.165, 1.54) is 0 Å². The van der Waals surface area contributed by atoms with Crippen molar-refractivity contribution >= 4 is 11.8 Å². The molecule has 0 aromatic carbocycles. The number of carbonyl (C=O) groups excluding carboxylic acids is 2. The van der Waals surface area contributed by atoms with E-state index in [2.05, 4.69) is 11.7 Å². The Labute approximate surface area is 133 Å². The largest absolute Gasteiger partial charge is 0.394 e. The number of rotatable bonds is 7. The zero-order valence-corrected chi connectivity index (χ0v) is 11.5. The Bertz CT molecular complexity index is 528. The third kappa shape index (κ3) is 2.79. The summed E-state index contributed by atoms with van der Waals surface area (Å²) < 4.78 is 157. The third-order valence-electron chi connectivity index (χ3n) is 2.80. The van der Waals surface area contributed by atoms with Gasteiger partial charge in [0.05, 0.1) is 0 Å². The fraction of sp³-hybridized carbons (Fsp3) is 0.750. The first kappa shape index (κ1) is 24.0. The van der Waals surface area contributed by atoms with Crippen LogP contribution in [0, 0.1) is 0 Å². The first-order chi connectivity index (χ1) is 11.2. The van der Waals surface area contributed by atoms with E-state index < -0.39 is 47.3 Å². The topological polar surface area (TPSA) is 110 Å². The molecule has 0 radical (unpaired) electrons. The molecule has 0 fully saturated rings. The molecule has 26 heavy (non-hydrogen) atoms. The first-order valence-corrected chi connectivity index (χ1v) is 5.50. The summed E-state index contributed by atoms with van der Waals surface area (Å²) in [4.78, 5) is 20.8. The maximum atomic E-state index is 13.2. The highest BCUT2D eigenvalue weighted by molar-refractivity contribution is 5.85. The van der Waals surface area contributed by atoms with Crippen molar-refractivity contribution in [2.75, 3.05) is 0 Å². The van der Waals surface area contributed by atoms with Gasteiger partial charge in [0.15, 0.2) is 0 Å². The van der Waals surface area contributed by atoms with Gasteiger partial charge < -0.3 is 0 Å². The summed E-state index contributed by atoms with van der Waals surface area (Å²) in [6.45, 7) is 0. The molecule has 0 aliphatic heterocycles. The van der Waals surface area contributed by atoms with Gasteiger partial charge in [-0.2, -0.15) is 52.7 Å². The zero-order chi connectivity index (χ0) is 21.6. The number of hydrogen-bond acceptors (Lipinski definition) is 4. The van der Waals surface area contributed by atoms with Crippen molar-refractivity contribution in [2.24, 2.45) is 11.7 Å². The summed E-state index contributed by atoms with van der Waals surface area (Å²) in [6, 6.07) is 0. The van der Waals surface area contributed by atoms with Crippen LogP contribution in [0.5, 0.6) is 0 Å². The standard InChI is InChI=1S/C8H6F12N4O2/c9-3(10,1(25)23-21)5(13,14)7(17,18)8(19,20)6(15,16)4(11,12)2(26)24-22/h21-22H2,(H,23,25)(H,24,26). The molecule has 0 heterocycles. The van der Waals surface area contributed by atoms with Gasteiger partial charge in [-0.25, -0.2) is 11.7 Å². The molecular weight excluding hydrogens is 412 g/mol. The van der Waals surface area contributed by atoms with Crippen LogP contribution in [0.4, 0.5) is 52.7 Å². The molecule has 0 spiro atoms. The molecule has 0 aromatic rings. The molecule has 0 bridgehead atoms. The molecule has 0 saturated carbocycles. The second-order valence-corrected chi connectivity index (χ2v) is 4.39. The number of amides is 2. The van der Waals surface area contributed by atoms with E-state index in [0.717, 1.165) is 0 Å².